The van der Waals surface area contributed by atoms with E-state index in [2.05, 4.69) is 49.5 Å². The van der Waals surface area contributed by atoms with E-state index in [-0.39, 0.29) is 40.4 Å². The van der Waals surface area contributed by atoms with Crippen LogP contribution in [0.25, 0.3) is 11.1 Å². The van der Waals surface area contributed by atoms with Gasteiger partial charge in [-0.25, -0.2) is 9.59 Å². The highest BCUT2D eigenvalue weighted by molar-refractivity contribution is 6.33. The minimum atomic E-state index is -2.47. The number of aromatic hydroxyl groups is 4. The molecule has 21 N–H and O–H groups in total. The Labute approximate surface area is 703 Å². The molecule has 2 unspecified atom stereocenters. The van der Waals surface area contributed by atoms with Crippen LogP contribution in [0.2, 0.25) is 10.0 Å². The predicted octanol–water partition coefficient (Wildman–Crippen LogP) is 4.33. The second-order valence-electron chi connectivity index (χ2n) is 30.1. The first-order valence-corrected chi connectivity index (χ1v) is 39.8. The zero-order valence-electron chi connectivity index (χ0n) is 64.9. The van der Waals surface area contributed by atoms with Gasteiger partial charge in [0.25, 0.3) is 0 Å². The average Bonchev–Trinajstić information content (AvgIpc) is 0.760. The molecule has 0 radical (unpaired) electrons. The molecule has 17 bridgehead atoms. The Hall–Kier alpha value is -11.8. The molecule has 15 rings (SSSR count). The number of carboxylic acid groups (broad SMARTS) is 2. The lowest BCUT2D eigenvalue weighted by atomic mass is 9.89. The third-order valence-electron chi connectivity index (χ3n) is 21.7. The Morgan fingerprint density at radius 2 is 1.15 bits per heavy atom. The van der Waals surface area contributed by atoms with Crippen LogP contribution >= 0.6 is 23.2 Å². The van der Waals surface area contributed by atoms with Crippen molar-refractivity contribution >= 4 is 76.5 Å². The van der Waals surface area contributed by atoms with E-state index in [0.29, 0.717) is 12.8 Å². The van der Waals surface area contributed by atoms with Crippen molar-refractivity contribution in [2.75, 3.05) is 13.7 Å². The Bertz CT molecular complexity index is 5180. The number of nitrogens with one attached hydrogen (secondary N) is 8. The number of carboxylic acids is 2. The number of aliphatic hydroxyl groups is 7. The van der Waals surface area contributed by atoms with Gasteiger partial charge in [0.05, 0.1) is 16.7 Å². The summed E-state index contributed by atoms with van der Waals surface area (Å²) in [4.78, 5) is 136. The summed E-state index contributed by atoms with van der Waals surface area (Å²) >= 11 is 14.2. The number of carbonyl (C=O) groups excluding carboxylic acids is 7. The first kappa shape index (κ1) is 88.0. The number of aliphatic hydroxyl groups excluding tert-OH is 7. The normalized spacial score (nSPS) is 26.5. The van der Waals surface area contributed by atoms with Gasteiger partial charge in [-0.2, -0.15) is 0 Å². The van der Waals surface area contributed by atoms with E-state index in [0.717, 1.165) is 118 Å². The van der Waals surface area contributed by atoms with Gasteiger partial charge in [0, 0.05) is 47.2 Å². The standard InChI is InChI=1S/C83H88Cl2N8O29/c1-3-4-5-6-7-8-9-10-11-12-56(99)88-65-68(102)70(104)73(81(114)115)122-82(65)121-72-53-27-38-28-54(72)118-50-22-17-37(25-45(50)84)66(100)64-79(111)92-63(80(112)113)43-29-39(95)30-52(119-83-71(105)69(103)67(101)55(33-94)120-83)57(43)42-24-35(15-20-47(42)96)60(76(108)93-64)89-77(109)61(38)90-78(110)62-44-31-41(32-49(98)58(44)85)117-51-26-36(16-21-48(51)97)59(86-2)75(107)87-46(74(106)91-62)23-34-13-18-40(116-53)19-14-34/h13-22,24-32,46,55,59-71,73,82-83,86,94-98,100-105H,3-12,23,33H2,1-2H3,(H,87,107)(H,88,99)(H,89,109)(H,90,110)(H,91,106)(H,92,111)(H,93,108)(H,112,113)(H,114,115)/t46-,55+,59+,60-,61+,62-,63?,64?,65+,66-,67+,68+,69+,70+,71+,73-,82-,83+/m1/s1. The minimum absolute atomic E-state index is 0.149. The fourth-order valence-corrected chi connectivity index (χ4v) is 15.7. The molecule has 2 saturated heterocycles. The Kier molecular flexibility index (Phi) is 27.1. The fraction of sp³-hybridized carbons (Fsp3) is 0.386. The molecule has 0 aliphatic carbocycles. The van der Waals surface area contributed by atoms with Gasteiger partial charge in [-0.05, 0) is 114 Å². The summed E-state index contributed by atoms with van der Waals surface area (Å²) in [6.45, 7) is 1.12. The molecule has 7 aromatic rings. The van der Waals surface area contributed by atoms with Crippen LogP contribution in [-0.4, -0.2) is 207 Å². The van der Waals surface area contributed by atoms with E-state index < -0.39 is 271 Å². The highest BCUT2D eigenvalue weighted by Gasteiger charge is 2.52. The minimum Gasteiger partial charge on any atom is -0.508 e. The molecule has 39 heteroatoms. The number of phenolic OH excluding ortho intramolecular Hbond substituents is 4. The zero-order chi connectivity index (χ0) is 87.4. The molecule has 8 heterocycles. The number of benzene rings is 7. The van der Waals surface area contributed by atoms with Crippen LogP contribution in [0.15, 0.2) is 115 Å². The molecule has 8 aliphatic rings. The molecule has 8 aliphatic heterocycles. The highest BCUT2D eigenvalue weighted by atomic mass is 35.5. The summed E-state index contributed by atoms with van der Waals surface area (Å²) in [5, 5.41) is 167. The van der Waals surface area contributed by atoms with Crippen LogP contribution in [0.1, 0.15) is 146 Å². The summed E-state index contributed by atoms with van der Waals surface area (Å²) in [7, 11) is 1.42. The van der Waals surface area contributed by atoms with Crippen molar-refractivity contribution in [3.8, 4) is 80.1 Å². The Balaban J connectivity index is 1.04. The summed E-state index contributed by atoms with van der Waals surface area (Å²) in [5.41, 5.74) is -3.28. The molecule has 7 amide bonds. The molecule has 0 aromatic heterocycles. The van der Waals surface area contributed by atoms with Crippen molar-refractivity contribution in [2.24, 2.45) is 0 Å². The molecular formula is C83H88Cl2N8O29. The van der Waals surface area contributed by atoms with Crippen molar-refractivity contribution in [3.05, 3.63) is 164 Å². The number of hydrogen-bond acceptors (Lipinski definition) is 28. The molecule has 37 nitrogen and oxygen atoms in total. The lowest BCUT2D eigenvalue weighted by Gasteiger charge is -2.41. The average molecular weight is 1730 g/mol. The number of carbonyl (C=O) groups is 9. The molecule has 7 aromatic carbocycles. The first-order valence-electron chi connectivity index (χ1n) is 39.1. The van der Waals surface area contributed by atoms with E-state index in [1.165, 1.54) is 49.5 Å². The Morgan fingerprint density at radius 3 is 1.83 bits per heavy atom. The van der Waals surface area contributed by atoms with Crippen LogP contribution in [0.5, 0.6) is 69.0 Å². The third kappa shape index (κ3) is 18.9. The van der Waals surface area contributed by atoms with Gasteiger partial charge in [-0.1, -0.05) is 112 Å². The highest BCUT2D eigenvalue weighted by Crippen LogP contribution is 2.50. The van der Waals surface area contributed by atoms with Crippen molar-refractivity contribution in [1.82, 2.24) is 42.5 Å². The van der Waals surface area contributed by atoms with Crippen molar-refractivity contribution in [3.63, 3.8) is 0 Å². The number of hydrogen-bond donors (Lipinski definition) is 21. The fourth-order valence-electron chi connectivity index (χ4n) is 15.2. The van der Waals surface area contributed by atoms with Crippen LogP contribution < -0.4 is 66.2 Å². The van der Waals surface area contributed by atoms with Crippen LogP contribution in [-0.2, 0) is 59.0 Å². The van der Waals surface area contributed by atoms with Gasteiger partial charge < -0.3 is 142 Å². The topological polar surface area (TPSA) is 577 Å². The lowest BCUT2D eigenvalue weighted by molar-refractivity contribution is -0.277. The number of halogens is 2. The van der Waals surface area contributed by atoms with E-state index in [9.17, 15) is 85.6 Å². The van der Waals surface area contributed by atoms with E-state index in [4.69, 9.17) is 56.4 Å². The smallest absolute Gasteiger partial charge is 0.335 e. The SMILES string of the molecule is CCCCCCCCCCCC(=O)N[C@@H]1[C@H](Oc2c3cc4cc2Oc2ccc(cc2Cl)[C@@H](O)C2NC(=O)[C@H](NC(=O)[C@H]4NC(=O)[C@@H]4NC(=O)[C@@H](Cc5ccc(cc5)O3)NC(=O)[C@@H](NC)c3ccc(O)c(c3)Oc3cc(O)c(Cl)c4c3)c3ccc(O)c(c3)-c3c(O[C@H]4O[C@@H](CO)[C@H](O)[C@H](O)[C@@H]4O)cc(O)cc3C(C(=O)O)NC2=O)O[C@@H](C(=O)O)[C@@H](O)[C@H]1O. The van der Waals surface area contributed by atoms with Gasteiger partial charge >= 0.3 is 11.9 Å². The number of aliphatic carboxylic acids is 2. The monoisotopic (exact) mass is 1730 g/mol. The number of fused-ring (bicyclic) bond motifs is 14. The lowest BCUT2D eigenvalue weighted by Crippen LogP contribution is -2.66. The molecule has 0 saturated carbocycles. The number of unbranched alkanes of at least 4 members (excludes halogenated alkanes) is 8. The molecular weight excluding hydrogens is 1640 g/mol. The molecule has 18 atom stereocenters. The van der Waals surface area contributed by atoms with Gasteiger partial charge in [0.1, 0.15) is 125 Å². The second kappa shape index (κ2) is 37.6. The molecule has 648 valence electrons. The Morgan fingerprint density at radius 1 is 0.516 bits per heavy atom. The molecule has 2 fully saturated rings. The van der Waals surface area contributed by atoms with Gasteiger partial charge in [-0.15, -0.1) is 0 Å². The van der Waals surface area contributed by atoms with Crippen LogP contribution in [0, 0.1) is 0 Å². The van der Waals surface area contributed by atoms with E-state index in [1.54, 1.807) is 0 Å². The predicted molar refractivity (Wildman–Crippen MR) is 424 cm³/mol. The summed E-state index contributed by atoms with van der Waals surface area (Å²) in [6, 6.07) is 4.43. The molecule has 122 heavy (non-hydrogen) atoms. The van der Waals surface area contributed by atoms with E-state index in [1.807, 2.05) is 0 Å². The van der Waals surface area contributed by atoms with Crippen LogP contribution in [0.3, 0.4) is 0 Å². The third-order valence-corrected chi connectivity index (χ3v) is 22.4. The van der Waals surface area contributed by atoms with Crippen molar-refractivity contribution in [1.29, 1.82) is 0 Å². The quantitative estimate of drug-likeness (QED) is 0.0501. The zero-order valence-corrected chi connectivity index (χ0v) is 66.5. The van der Waals surface area contributed by atoms with Crippen LogP contribution in [0.4, 0.5) is 0 Å². The largest absolute Gasteiger partial charge is 0.508 e. The van der Waals surface area contributed by atoms with Crippen molar-refractivity contribution in [2.45, 2.75) is 187 Å². The number of amides is 7. The second-order valence-corrected chi connectivity index (χ2v) is 30.9. The number of likely N-dealkylation sites (N-methyl/N-ethyl adjacent to an activating group) is 1. The van der Waals surface area contributed by atoms with Crippen molar-refractivity contribution < 1.29 is 143 Å². The van der Waals surface area contributed by atoms with Gasteiger partial charge in [0.15, 0.2) is 35.1 Å². The summed E-state index contributed by atoms with van der Waals surface area (Å²) in [6.07, 6.45) is -14.1. The number of rotatable bonds is 19. The summed E-state index contributed by atoms with van der Waals surface area (Å²) in [5.74, 6) is -19.5. The maximum absolute atomic E-state index is 16.7. The summed E-state index contributed by atoms with van der Waals surface area (Å²) < 4.78 is 44.0. The maximum atomic E-state index is 16.7. The number of phenols is 4. The van der Waals surface area contributed by atoms with Gasteiger partial charge in [0.2, 0.25) is 59.7 Å². The maximum Gasteiger partial charge on any atom is 0.335 e. The number of ether oxygens (including phenoxy) is 7. The van der Waals surface area contributed by atoms with E-state index >= 15 is 24.0 Å². The first-order chi connectivity index (χ1) is 58.3. The van der Waals surface area contributed by atoms with Gasteiger partial charge in [-0.3, -0.25) is 33.6 Å². The molecule has 0 spiro atoms.